The van der Waals surface area contributed by atoms with Crippen molar-refractivity contribution in [2.45, 2.75) is 13.0 Å². The van der Waals surface area contributed by atoms with Gasteiger partial charge in [-0.15, -0.1) is 0 Å². The Morgan fingerprint density at radius 3 is 2.63 bits per heavy atom. The Balaban J connectivity index is 2.55. The molecule has 2 aromatic rings. The molecule has 0 fully saturated rings. The summed E-state index contributed by atoms with van der Waals surface area (Å²) >= 11 is 5.76. The summed E-state index contributed by atoms with van der Waals surface area (Å²) in [6.45, 7) is 1.95. The summed E-state index contributed by atoms with van der Waals surface area (Å²) in [4.78, 5) is 0. The van der Waals surface area contributed by atoms with Crippen molar-refractivity contribution in [2.24, 2.45) is 5.84 Å². The van der Waals surface area contributed by atoms with Crippen LogP contribution in [-0.2, 0) is 0 Å². The van der Waals surface area contributed by atoms with Gasteiger partial charge in [-0.1, -0.05) is 22.0 Å². The number of hydrazine groups is 1. The zero-order chi connectivity index (χ0) is 14.0. The molecule has 2 nitrogen and oxygen atoms in total. The molecule has 2 rings (SSSR count). The van der Waals surface area contributed by atoms with Crippen LogP contribution in [0.15, 0.2) is 40.9 Å². The molecule has 2 aromatic carbocycles. The van der Waals surface area contributed by atoms with E-state index in [9.17, 15) is 4.39 Å². The maximum absolute atomic E-state index is 13.5. The van der Waals surface area contributed by atoms with Gasteiger partial charge in [-0.3, -0.25) is 5.84 Å². The molecular weight excluding hydrogens is 422 g/mol. The summed E-state index contributed by atoms with van der Waals surface area (Å²) < 4.78 is 15.5. The van der Waals surface area contributed by atoms with Crippen LogP contribution >= 0.6 is 38.5 Å². The maximum Gasteiger partial charge on any atom is 0.123 e. The lowest BCUT2D eigenvalue weighted by Gasteiger charge is -2.20. The first kappa shape index (κ1) is 14.9. The van der Waals surface area contributed by atoms with Crippen LogP contribution in [0.2, 0.25) is 0 Å². The van der Waals surface area contributed by atoms with Crippen LogP contribution < -0.4 is 11.3 Å². The zero-order valence-electron chi connectivity index (χ0n) is 10.3. The quantitative estimate of drug-likeness (QED) is 0.434. The van der Waals surface area contributed by atoms with Crippen molar-refractivity contribution in [2.75, 3.05) is 0 Å². The Labute approximate surface area is 133 Å². The third-order valence-corrected chi connectivity index (χ3v) is 4.38. The first-order valence-electron chi connectivity index (χ1n) is 5.70. The van der Waals surface area contributed by atoms with Crippen LogP contribution in [-0.4, -0.2) is 0 Å². The Bertz CT molecular complexity index is 552. The van der Waals surface area contributed by atoms with Gasteiger partial charge in [0.05, 0.1) is 6.04 Å². The van der Waals surface area contributed by atoms with E-state index in [2.05, 4.69) is 43.9 Å². The summed E-state index contributed by atoms with van der Waals surface area (Å²) in [5, 5.41) is 0. The Hall–Kier alpha value is -0.500. The number of rotatable bonds is 3. The van der Waals surface area contributed by atoms with Crippen molar-refractivity contribution < 1.29 is 4.39 Å². The van der Waals surface area contributed by atoms with E-state index in [4.69, 9.17) is 5.84 Å². The maximum atomic E-state index is 13.5. The fourth-order valence-corrected chi connectivity index (χ4v) is 3.00. The highest BCUT2D eigenvalue weighted by Crippen LogP contribution is 2.31. The first-order chi connectivity index (χ1) is 9.02. The van der Waals surface area contributed by atoms with E-state index in [-0.39, 0.29) is 11.9 Å². The summed E-state index contributed by atoms with van der Waals surface area (Å²) in [7, 11) is 0. The molecule has 0 bridgehead atoms. The molecule has 5 heteroatoms. The smallest absolute Gasteiger partial charge is 0.123 e. The Morgan fingerprint density at radius 1 is 1.21 bits per heavy atom. The van der Waals surface area contributed by atoms with Crippen LogP contribution in [0.4, 0.5) is 4.39 Å². The molecule has 0 radical (unpaired) electrons. The number of hydrogen-bond donors (Lipinski definition) is 2. The molecule has 0 saturated heterocycles. The molecule has 1 atom stereocenters. The molecule has 0 aliphatic carbocycles. The van der Waals surface area contributed by atoms with Crippen molar-refractivity contribution in [3.8, 4) is 0 Å². The van der Waals surface area contributed by atoms with Gasteiger partial charge >= 0.3 is 0 Å². The van der Waals surface area contributed by atoms with Gasteiger partial charge in [0.1, 0.15) is 5.82 Å². The van der Waals surface area contributed by atoms with Gasteiger partial charge in [0, 0.05) is 8.04 Å². The highest BCUT2D eigenvalue weighted by molar-refractivity contribution is 14.1. The van der Waals surface area contributed by atoms with Gasteiger partial charge in [0.25, 0.3) is 0 Å². The average Bonchev–Trinajstić information content (AvgIpc) is 2.38. The van der Waals surface area contributed by atoms with E-state index in [0.29, 0.717) is 0 Å². The molecule has 0 aromatic heterocycles. The fourth-order valence-electron chi connectivity index (χ4n) is 2.01. The van der Waals surface area contributed by atoms with E-state index in [1.807, 2.05) is 25.1 Å². The SMILES string of the molecule is Cc1ccc(F)cc1C(NN)c1cc(I)ccc1Br. The molecule has 0 saturated carbocycles. The summed E-state index contributed by atoms with van der Waals surface area (Å²) in [6, 6.07) is 10.5. The van der Waals surface area contributed by atoms with Crippen molar-refractivity contribution in [3.05, 3.63) is 66.9 Å². The van der Waals surface area contributed by atoms with E-state index in [0.717, 1.165) is 24.7 Å². The second-order valence-electron chi connectivity index (χ2n) is 4.27. The molecule has 1 unspecified atom stereocenters. The summed E-state index contributed by atoms with van der Waals surface area (Å²) in [5.74, 6) is 5.42. The summed E-state index contributed by atoms with van der Waals surface area (Å²) in [5.41, 5.74) is 5.59. The van der Waals surface area contributed by atoms with Crippen LogP contribution in [0.1, 0.15) is 22.7 Å². The molecule has 0 aliphatic heterocycles. The molecule has 19 heavy (non-hydrogen) atoms. The molecule has 0 spiro atoms. The van der Waals surface area contributed by atoms with E-state index < -0.39 is 0 Å². The second-order valence-corrected chi connectivity index (χ2v) is 6.37. The van der Waals surface area contributed by atoms with E-state index >= 15 is 0 Å². The lowest BCUT2D eigenvalue weighted by molar-refractivity contribution is 0.601. The number of nitrogens with one attached hydrogen (secondary N) is 1. The number of hydrogen-bond acceptors (Lipinski definition) is 2. The minimum atomic E-state index is -0.261. The highest BCUT2D eigenvalue weighted by atomic mass is 127. The minimum absolute atomic E-state index is 0.250. The van der Waals surface area contributed by atoms with Crippen molar-refractivity contribution in [1.29, 1.82) is 0 Å². The fraction of sp³-hybridized carbons (Fsp3) is 0.143. The molecule has 100 valence electrons. The van der Waals surface area contributed by atoms with E-state index in [1.54, 1.807) is 6.07 Å². The second kappa shape index (κ2) is 6.30. The topological polar surface area (TPSA) is 38.0 Å². The number of nitrogens with two attached hydrogens (primary N) is 1. The summed E-state index contributed by atoms with van der Waals surface area (Å²) in [6.07, 6.45) is 0. The Morgan fingerprint density at radius 2 is 1.95 bits per heavy atom. The third kappa shape index (κ3) is 3.34. The lowest BCUT2D eigenvalue weighted by Crippen LogP contribution is -2.29. The molecule has 3 N–H and O–H groups in total. The molecular formula is C14H13BrFIN2. The van der Waals surface area contributed by atoms with Gasteiger partial charge in [-0.2, -0.15) is 0 Å². The molecule has 0 heterocycles. The predicted octanol–water partition coefficient (Wildman–Crippen LogP) is 4.05. The number of aryl methyl sites for hydroxylation is 1. The van der Waals surface area contributed by atoms with Gasteiger partial charge in [-0.05, 0) is 76.5 Å². The molecule has 0 amide bonds. The zero-order valence-corrected chi connectivity index (χ0v) is 14.0. The van der Waals surface area contributed by atoms with Crippen molar-refractivity contribution in [3.63, 3.8) is 0 Å². The largest absolute Gasteiger partial charge is 0.271 e. The van der Waals surface area contributed by atoms with Crippen LogP contribution in [0.25, 0.3) is 0 Å². The normalized spacial score (nSPS) is 12.5. The van der Waals surface area contributed by atoms with Crippen molar-refractivity contribution >= 4 is 38.5 Å². The highest BCUT2D eigenvalue weighted by Gasteiger charge is 2.18. The van der Waals surface area contributed by atoms with Crippen molar-refractivity contribution in [1.82, 2.24) is 5.43 Å². The third-order valence-electron chi connectivity index (χ3n) is 2.99. The van der Waals surface area contributed by atoms with E-state index in [1.165, 1.54) is 12.1 Å². The average molecular weight is 435 g/mol. The predicted molar refractivity (Wildman–Crippen MR) is 87.2 cm³/mol. The van der Waals surface area contributed by atoms with Crippen LogP contribution in [0, 0.1) is 16.3 Å². The molecule has 0 aliphatic rings. The first-order valence-corrected chi connectivity index (χ1v) is 7.57. The number of halogens is 3. The lowest BCUT2D eigenvalue weighted by atomic mass is 9.95. The monoisotopic (exact) mass is 434 g/mol. The van der Waals surface area contributed by atoms with Gasteiger partial charge < -0.3 is 0 Å². The van der Waals surface area contributed by atoms with Gasteiger partial charge in [0.2, 0.25) is 0 Å². The van der Waals surface area contributed by atoms with Gasteiger partial charge in [0.15, 0.2) is 0 Å². The minimum Gasteiger partial charge on any atom is -0.271 e. The standard InChI is InChI=1S/C14H13BrFIN2/c1-8-2-3-9(16)6-11(8)14(19-18)12-7-10(17)4-5-13(12)15/h2-7,14,19H,18H2,1H3. The Kier molecular flexibility index (Phi) is 4.94. The van der Waals surface area contributed by atoms with Crippen LogP contribution in [0.3, 0.4) is 0 Å². The number of benzene rings is 2. The van der Waals surface area contributed by atoms with Gasteiger partial charge in [-0.25, -0.2) is 9.82 Å². The van der Waals surface area contributed by atoms with Crippen LogP contribution in [0.5, 0.6) is 0 Å².